The quantitative estimate of drug-likeness (QED) is 0.756. The van der Waals surface area contributed by atoms with Gasteiger partial charge >= 0.3 is 0 Å². The molecule has 0 amide bonds. The summed E-state index contributed by atoms with van der Waals surface area (Å²) in [6.45, 7) is 1.05. The van der Waals surface area contributed by atoms with Gasteiger partial charge in [-0.2, -0.15) is 0 Å². The summed E-state index contributed by atoms with van der Waals surface area (Å²) in [5.74, 6) is 0.883. The van der Waals surface area contributed by atoms with E-state index in [1.165, 1.54) is 0 Å². The molecule has 1 aromatic carbocycles. The van der Waals surface area contributed by atoms with Crippen molar-refractivity contribution in [2.75, 3.05) is 6.54 Å². The van der Waals surface area contributed by atoms with Crippen LogP contribution >= 0.6 is 23.2 Å². The van der Waals surface area contributed by atoms with E-state index in [-0.39, 0.29) is 6.10 Å². The standard InChI is InChI=1S/C11H11Cl2NO/c12-7-4-6-10(5-8(7)13)15-9-2-1-3-14-11(6)9/h4-5,9,11,14H,1-3H2/t9-,11-/m0/s1. The summed E-state index contributed by atoms with van der Waals surface area (Å²) in [6, 6.07) is 4.03. The predicted octanol–water partition coefficient (Wildman–Crippen LogP) is 3.18. The Morgan fingerprint density at radius 1 is 1.27 bits per heavy atom. The maximum Gasteiger partial charge on any atom is 0.126 e. The van der Waals surface area contributed by atoms with Crippen molar-refractivity contribution in [1.29, 1.82) is 0 Å². The van der Waals surface area contributed by atoms with Gasteiger partial charge in [-0.1, -0.05) is 23.2 Å². The Bertz CT molecular complexity index is 408. The Balaban J connectivity index is 2.04. The number of fused-ring (bicyclic) bond motifs is 3. The molecule has 2 heterocycles. The molecule has 0 aliphatic carbocycles. The number of hydrogen-bond acceptors (Lipinski definition) is 2. The highest BCUT2D eigenvalue weighted by atomic mass is 35.5. The van der Waals surface area contributed by atoms with E-state index in [2.05, 4.69) is 5.32 Å². The molecule has 1 saturated heterocycles. The topological polar surface area (TPSA) is 21.3 Å². The molecule has 0 saturated carbocycles. The number of piperidine rings is 1. The van der Waals surface area contributed by atoms with Gasteiger partial charge in [0.15, 0.2) is 0 Å². The SMILES string of the molecule is Clc1cc2c(cc1Cl)[C@@H]1NCCC[C@@H]1O2. The van der Waals surface area contributed by atoms with Crippen molar-refractivity contribution in [1.82, 2.24) is 5.32 Å². The number of nitrogens with one attached hydrogen (secondary N) is 1. The van der Waals surface area contributed by atoms with Gasteiger partial charge in [-0.25, -0.2) is 0 Å². The van der Waals surface area contributed by atoms with Crippen molar-refractivity contribution in [2.24, 2.45) is 0 Å². The highest BCUT2D eigenvalue weighted by Gasteiger charge is 2.36. The summed E-state index contributed by atoms with van der Waals surface area (Å²) in [5.41, 5.74) is 1.15. The fourth-order valence-corrected chi connectivity index (χ4v) is 2.67. The third-order valence-corrected chi connectivity index (χ3v) is 3.79. The molecule has 4 heteroatoms. The van der Waals surface area contributed by atoms with Crippen LogP contribution in [0.2, 0.25) is 10.0 Å². The highest BCUT2D eigenvalue weighted by Crippen LogP contribution is 2.43. The Labute approximate surface area is 98.5 Å². The first-order valence-electron chi connectivity index (χ1n) is 5.14. The van der Waals surface area contributed by atoms with E-state index in [1.54, 1.807) is 0 Å². The lowest BCUT2D eigenvalue weighted by molar-refractivity contribution is 0.154. The minimum Gasteiger partial charge on any atom is -0.488 e. The van der Waals surface area contributed by atoms with E-state index in [0.29, 0.717) is 16.1 Å². The van der Waals surface area contributed by atoms with Gasteiger partial charge in [0.05, 0.1) is 16.1 Å². The minimum absolute atomic E-state index is 0.253. The fourth-order valence-electron chi connectivity index (χ4n) is 2.35. The van der Waals surface area contributed by atoms with Crippen LogP contribution in [0.3, 0.4) is 0 Å². The minimum atomic E-state index is 0.253. The van der Waals surface area contributed by atoms with E-state index in [4.69, 9.17) is 27.9 Å². The van der Waals surface area contributed by atoms with Crippen LogP contribution < -0.4 is 10.1 Å². The summed E-state index contributed by atoms with van der Waals surface area (Å²) in [4.78, 5) is 0. The highest BCUT2D eigenvalue weighted by molar-refractivity contribution is 6.42. The second-order valence-electron chi connectivity index (χ2n) is 4.03. The zero-order valence-electron chi connectivity index (χ0n) is 8.09. The van der Waals surface area contributed by atoms with E-state index in [9.17, 15) is 0 Å². The van der Waals surface area contributed by atoms with E-state index in [1.807, 2.05) is 12.1 Å². The van der Waals surface area contributed by atoms with Gasteiger partial charge in [0.2, 0.25) is 0 Å². The Morgan fingerprint density at radius 2 is 2.07 bits per heavy atom. The molecule has 80 valence electrons. The molecule has 2 atom stereocenters. The largest absolute Gasteiger partial charge is 0.488 e. The number of halogens is 2. The predicted molar refractivity (Wildman–Crippen MR) is 60.9 cm³/mol. The smallest absolute Gasteiger partial charge is 0.126 e. The molecule has 3 rings (SSSR count). The number of hydrogen-bond donors (Lipinski definition) is 1. The molecular weight excluding hydrogens is 233 g/mol. The first-order chi connectivity index (χ1) is 7.25. The zero-order valence-corrected chi connectivity index (χ0v) is 9.61. The molecule has 1 fully saturated rings. The van der Waals surface area contributed by atoms with E-state index < -0.39 is 0 Å². The average molecular weight is 244 g/mol. The maximum atomic E-state index is 6.01. The molecule has 15 heavy (non-hydrogen) atoms. The third-order valence-electron chi connectivity index (χ3n) is 3.07. The van der Waals surface area contributed by atoms with Crippen LogP contribution in [-0.4, -0.2) is 12.6 Å². The summed E-state index contributed by atoms with van der Waals surface area (Å²) in [7, 11) is 0. The zero-order chi connectivity index (χ0) is 10.4. The molecule has 0 radical (unpaired) electrons. The van der Waals surface area contributed by atoms with Crippen molar-refractivity contribution in [3.8, 4) is 5.75 Å². The Hall–Kier alpha value is -0.440. The molecular formula is C11H11Cl2NO. The Kier molecular flexibility index (Phi) is 2.31. The molecule has 2 nitrogen and oxygen atoms in total. The first kappa shape index (κ1) is 9.76. The second kappa shape index (κ2) is 3.55. The van der Waals surface area contributed by atoms with Crippen LogP contribution in [0.15, 0.2) is 12.1 Å². The number of rotatable bonds is 0. The van der Waals surface area contributed by atoms with Gasteiger partial charge < -0.3 is 10.1 Å². The van der Waals surface area contributed by atoms with E-state index in [0.717, 1.165) is 30.7 Å². The van der Waals surface area contributed by atoms with Gasteiger partial charge in [-0.15, -0.1) is 0 Å². The normalized spacial score (nSPS) is 28.1. The van der Waals surface area contributed by atoms with Crippen molar-refractivity contribution in [2.45, 2.75) is 25.0 Å². The molecule has 1 N–H and O–H groups in total. The van der Waals surface area contributed by atoms with Crippen LogP contribution in [0.4, 0.5) is 0 Å². The van der Waals surface area contributed by atoms with Crippen LogP contribution in [0, 0.1) is 0 Å². The van der Waals surface area contributed by atoms with Crippen molar-refractivity contribution < 1.29 is 4.74 Å². The molecule has 0 aromatic heterocycles. The van der Waals surface area contributed by atoms with Gasteiger partial charge in [0.1, 0.15) is 11.9 Å². The van der Waals surface area contributed by atoms with E-state index >= 15 is 0 Å². The summed E-state index contributed by atoms with van der Waals surface area (Å²) in [5, 5.41) is 4.62. The van der Waals surface area contributed by atoms with Crippen LogP contribution in [0.1, 0.15) is 24.4 Å². The summed E-state index contributed by atoms with van der Waals surface area (Å²) < 4.78 is 5.84. The third kappa shape index (κ3) is 1.52. The van der Waals surface area contributed by atoms with Crippen molar-refractivity contribution in [3.05, 3.63) is 27.7 Å². The summed E-state index contributed by atoms with van der Waals surface area (Å²) >= 11 is 12.0. The first-order valence-corrected chi connectivity index (χ1v) is 5.90. The van der Waals surface area contributed by atoms with Crippen LogP contribution in [-0.2, 0) is 0 Å². The van der Waals surface area contributed by atoms with Gasteiger partial charge in [-0.05, 0) is 25.5 Å². The lowest BCUT2D eigenvalue weighted by Crippen LogP contribution is -2.36. The maximum absolute atomic E-state index is 6.01. The Morgan fingerprint density at radius 3 is 2.93 bits per heavy atom. The molecule has 2 aliphatic heterocycles. The van der Waals surface area contributed by atoms with Crippen molar-refractivity contribution in [3.63, 3.8) is 0 Å². The monoisotopic (exact) mass is 243 g/mol. The van der Waals surface area contributed by atoms with Gasteiger partial charge in [0.25, 0.3) is 0 Å². The molecule has 1 aromatic rings. The molecule has 2 aliphatic rings. The summed E-state index contributed by atoms with van der Waals surface area (Å²) in [6.07, 6.45) is 2.52. The average Bonchev–Trinajstić information content (AvgIpc) is 2.57. The second-order valence-corrected chi connectivity index (χ2v) is 4.85. The van der Waals surface area contributed by atoms with Gasteiger partial charge in [0, 0.05) is 11.6 Å². The molecule has 0 bridgehead atoms. The lowest BCUT2D eigenvalue weighted by Gasteiger charge is -2.25. The number of ether oxygens (including phenoxy) is 1. The van der Waals surface area contributed by atoms with Crippen LogP contribution in [0.5, 0.6) is 5.75 Å². The van der Waals surface area contributed by atoms with Crippen LogP contribution in [0.25, 0.3) is 0 Å². The lowest BCUT2D eigenvalue weighted by atomic mass is 9.97. The molecule has 0 spiro atoms. The van der Waals surface area contributed by atoms with Crippen molar-refractivity contribution >= 4 is 23.2 Å². The molecule has 0 unspecified atom stereocenters. The van der Waals surface area contributed by atoms with Gasteiger partial charge in [-0.3, -0.25) is 0 Å². The fraction of sp³-hybridized carbons (Fsp3) is 0.455. The number of benzene rings is 1.